The molecule has 1 N–H and O–H groups in total. The summed E-state index contributed by atoms with van der Waals surface area (Å²) in [6.45, 7) is 5.39. The average Bonchev–Trinajstić information content (AvgIpc) is 2.95. The summed E-state index contributed by atoms with van der Waals surface area (Å²) >= 11 is 0. The molecule has 25 heavy (non-hydrogen) atoms. The molecule has 1 heterocycles. The molecule has 0 radical (unpaired) electrons. The molecule has 0 fully saturated rings. The van der Waals surface area contributed by atoms with Crippen molar-refractivity contribution in [2.24, 2.45) is 0 Å². The van der Waals surface area contributed by atoms with Gasteiger partial charge in [0, 0.05) is 18.8 Å². The van der Waals surface area contributed by atoms with E-state index in [2.05, 4.69) is 16.2 Å². The summed E-state index contributed by atoms with van der Waals surface area (Å²) < 4.78 is 33.8. The van der Waals surface area contributed by atoms with E-state index < -0.39 is 10.0 Å². The van der Waals surface area contributed by atoms with E-state index in [1.54, 1.807) is 24.3 Å². The van der Waals surface area contributed by atoms with Gasteiger partial charge in [-0.05, 0) is 53.8 Å². The first kappa shape index (κ1) is 16.0. The molecule has 1 aliphatic carbocycles. The molecule has 0 spiro atoms. The molecule has 6 heteroatoms. The van der Waals surface area contributed by atoms with Gasteiger partial charge in [0.2, 0.25) is 0 Å². The predicted molar refractivity (Wildman–Crippen MR) is 99.8 cm³/mol. The predicted octanol–water partition coefficient (Wildman–Crippen LogP) is 3.28. The quantitative estimate of drug-likeness (QED) is 0.917. The van der Waals surface area contributed by atoms with Crippen molar-refractivity contribution >= 4 is 27.0 Å². The van der Waals surface area contributed by atoms with E-state index in [-0.39, 0.29) is 4.90 Å². The number of nitrogens with one attached hydrogen (secondary N) is 1. The zero-order chi connectivity index (χ0) is 17.6. The number of hydrogen-bond acceptors (Lipinski definition) is 4. The summed E-state index contributed by atoms with van der Waals surface area (Å²) in [7, 11) is -1.71. The zero-order valence-corrected chi connectivity index (χ0v) is 14.9. The van der Waals surface area contributed by atoms with Gasteiger partial charge in [0.05, 0.1) is 17.1 Å². The van der Waals surface area contributed by atoms with Crippen LogP contribution in [0.1, 0.15) is 17.5 Å². The number of fused-ring (bicyclic) bond motifs is 2. The van der Waals surface area contributed by atoms with Crippen molar-refractivity contribution < 1.29 is 13.2 Å². The minimum atomic E-state index is -3.68. The SMILES string of the molecule is C=C1CCc2ccc(NS(=O)(=O)c3ccc4c(c3)OCCN4C)cc21. The Bertz CT molecular complexity index is 967. The Morgan fingerprint density at radius 2 is 2.00 bits per heavy atom. The van der Waals surface area contributed by atoms with Crippen molar-refractivity contribution in [1.82, 2.24) is 0 Å². The van der Waals surface area contributed by atoms with E-state index >= 15 is 0 Å². The minimum absolute atomic E-state index is 0.195. The summed E-state index contributed by atoms with van der Waals surface area (Å²) in [6.07, 6.45) is 1.90. The van der Waals surface area contributed by atoms with Crippen molar-refractivity contribution in [3.63, 3.8) is 0 Å². The van der Waals surface area contributed by atoms with Gasteiger partial charge in [-0.3, -0.25) is 4.72 Å². The fourth-order valence-corrected chi connectivity index (χ4v) is 4.39. The van der Waals surface area contributed by atoms with Gasteiger partial charge in [-0.1, -0.05) is 12.6 Å². The van der Waals surface area contributed by atoms with Gasteiger partial charge >= 0.3 is 0 Å². The van der Waals surface area contributed by atoms with E-state index in [1.807, 2.05) is 19.2 Å². The summed E-state index contributed by atoms with van der Waals surface area (Å²) in [5.41, 5.74) is 4.78. The molecule has 4 rings (SSSR count). The molecule has 0 amide bonds. The fourth-order valence-electron chi connectivity index (χ4n) is 3.33. The van der Waals surface area contributed by atoms with E-state index in [0.29, 0.717) is 18.0 Å². The lowest BCUT2D eigenvalue weighted by Gasteiger charge is -2.27. The van der Waals surface area contributed by atoms with Crippen LogP contribution in [0.5, 0.6) is 5.75 Å². The van der Waals surface area contributed by atoms with Gasteiger partial charge in [0.1, 0.15) is 12.4 Å². The number of hydrogen-bond donors (Lipinski definition) is 1. The number of rotatable bonds is 3. The molecular weight excluding hydrogens is 336 g/mol. The summed E-state index contributed by atoms with van der Waals surface area (Å²) in [5, 5.41) is 0. The second kappa shape index (κ2) is 5.81. The standard InChI is InChI=1S/C19H20N2O3S/c1-13-3-4-14-5-6-15(11-17(13)14)20-25(22,23)16-7-8-18-19(12-16)24-10-9-21(18)2/h5-8,11-12,20H,1,3-4,9-10H2,2H3. The second-order valence-corrected chi connectivity index (χ2v) is 8.16. The van der Waals surface area contributed by atoms with Gasteiger partial charge in [0.15, 0.2) is 0 Å². The molecule has 130 valence electrons. The maximum Gasteiger partial charge on any atom is 0.262 e. The van der Waals surface area contributed by atoms with Gasteiger partial charge in [-0.15, -0.1) is 0 Å². The van der Waals surface area contributed by atoms with E-state index in [0.717, 1.165) is 36.2 Å². The lowest BCUT2D eigenvalue weighted by Crippen LogP contribution is -2.29. The Hall–Kier alpha value is -2.47. The van der Waals surface area contributed by atoms with Crippen molar-refractivity contribution in [3.05, 3.63) is 54.1 Å². The van der Waals surface area contributed by atoms with Crippen molar-refractivity contribution in [1.29, 1.82) is 0 Å². The number of benzene rings is 2. The molecule has 0 bridgehead atoms. The normalized spacial score (nSPS) is 16.2. The molecule has 1 aliphatic heterocycles. The van der Waals surface area contributed by atoms with Crippen LogP contribution in [0.2, 0.25) is 0 Å². The first-order valence-electron chi connectivity index (χ1n) is 8.26. The highest BCUT2D eigenvalue weighted by Gasteiger charge is 2.22. The van der Waals surface area contributed by atoms with Crippen molar-refractivity contribution in [3.8, 4) is 5.75 Å². The van der Waals surface area contributed by atoms with Crippen LogP contribution in [0.15, 0.2) is 47.9 Å². The highest BCUT2D eigenvalue weighted by molar-refractivity contribution is 7.92. The monoisotopic (exact) mass is 356 g/mol. The zero-order valence-electron chi connectivity index (χ0n) is 14.1. The summed E-state index contributed by atoms with van der Waals surface area (Å²) in [6, 6.07) is 10.6. The van der Waals surface area contributed by atoms with Gasteiger partial charge < -0.3 is 9.64 Å². The molecule has 0 saturated carbocycles. The van der Waals surface area contributed by atoms with Crippen molar-refractivity contribution in [2.45, 2.75) is 17.7 Å². The smallest absolute Gasteiger partial charge is 0.262 e. The first-order valence-corrected chi connectivity index (χ1v) is 9.74. The Labute approximate surface area is 148 Å². The van der Waals surface area contributed by atoms with Crippen LogP contribution in [0.25, 0.3) is 5.57 Å². The van der Waals surface area contributed by atoms with Crippen LogP contribution < -0.4 is 14.4 Å². The molecule has 2 aromatic rings. The molecule has 0 unspecified atom stereocenters. The molecule has 2 aromatic carbocycles. The highest BCUT2D eigenvalue weighted by Crippen LogP contribution is 2.35. The number of anilines is 2. The molecule has 0 saturated heterocycles. The molecule has 0 atom stereocenters. The van der Waals surface area contributed by atoms with Crippen LogP contribution in [-0.4, -0.2) is 28.6 Å². The Kier molecular flexibility index (Phi) is 3.72. The number of aryl methyl sites for hydroxylation is 1. The largest absolute Gasteiger partial charge is 0.490 e. The lowest BCUT2D eigenvalue weighted by molar-refractivity contribution is 0.310. The third-order valence-electron chi connectivity index (χ3n) is 4.78. The highest BCUT2D eigenvalue weighted by atomic mass is 32.2. The van der Waals surface area contributed by atoms with Crippen LogP contribution >= 0.6 is 0 Å². The Morgan fingerprint density at radius 1 is 1.16 bits per heavy atom. The van der Waals surface area contributed by atoms with Crippen LogP contribution in [0.3, 0.4) is 0 Å². The minimum Gasteiger partial charge on any atom is -0.490 e. The van der Waals surface area contributed by atoms with E-state index in [9.17, 15) is 8.42 Å². The average molecular weight is 356 g/mol. The van der Waals surface area contributed by atoms with Crippen LogP contribution in [0.4, 0.5) is 11.4 Å². The second-order valence-electron chi connectivity index (χ2n) is 6.48. The molecule has 5 nitrogen and oxygen atoms in total. The summed E-state index contributed by atoms with van der Waals surface area (Å²) in [5.74, 6) is 0.596. The molecule has 0 aromatic heterocycles. The third-order valence-corrected chi connectivity index (χ3v) is 6.16. The van der Waals surface area contributed by atoms with Crippen molar-refractivity contribution in [2.75, 3.05) is 29.8 Å². The number of likely N-dealkylation sites (N-methyl/N-ethyl adjacent to an activating group) is 1. The number of allylic oxidation sites excluding steroid dienone is 1. The first-order chi connectivity index (χ1) is 11.9. The Morgan fingerprint density at radius 3 is 2.84 bits per heavy atom. The van der Waals surface area contributed by atoms with Gasteiger partial charge in [-0.25, -0.2) is 8.42 Å². The summed E-state index contributed by atoms with van der Waals surface area (Å²) in [4.78, 5) is 2.25. The maximum absolute atomic E-state index is 12.7. The van der Waals surface area contributed by atoms with E-state index in [4.69, 9.17) is 4.74 Å². The van der Waals surface area contributed by atoms with Crippen LogP contribution in [-0.2, 0) is 16.4 Å². The topological polar surface area (TPSA) is 58.6 Å². The molecule has 2 aliphatic rings. The van der Waals surface area contributed by atoms with E-state index in [1.165, 1.54) is 5.56 Å². The third kappa shape index (κ3) is 2.87. The van der Waals surface area contributed by atoms with Crippen LogP contribution in [0, 0.1) is 0 Å². The number of sulfonamides is 1. The number of nitrogens with zero attached hydrogens (tertiary/aromatic N) is 1. The number of ether oxygens (including phenoxy) is 1. The van der Waals surface area contributed by atoms with Gasteiger partial charge in [-0.2, -0.15) is 0 Å². The van der Waals surface area contributed by atoms with Gasteiger partial charge in [0.25, 0.3) is 10.0 Å². The lowest BCUT2D eigenvalue weighted by atomic mass is 10.1. The molecular formula is C19H20N2O3S. The Balaban J connectivity index is 1.64. The fraction of sp³-hybridized carbons (Fsp3) is 0.263. The maximum atomic E-state index is 12.7.